The number of barbiturate groups is 1. The molecule has 35 heavy (non-hydrogen) atoms. The van der Waals surface area contributed by atoms with E-state index in [1.165, 1.54) is 12.1 Å². The van der Waals surface area contributed by atoms with Crippen LogP contribution in [0.3, 0.4) is 0 Å². The third-order valence-corrected chi connectivity index (χ3v) is 6.15. The van der Waals surface area contributed by atoms with Crippen LogP contribution in [0.5, 0.6) is 0 Å². The maximum atomic E-state index is 14.4. The van der Waals surface area contributed by atoms with Crippen LogP contribution in [-0.4, -0.2) is 17.8 Å². The van der Waals surface area contributed by atoms with Crippen molar-refractivity contribution in [3.05, 3.63) is 119 Å². The molecule has 0 radical (unpaired) electrons. The number of hydrogen-bond donors (Lipinski definition) is 1. The van der Waals surface area contributed by atoms with E-state index in [1.807, 2.05) is 36.4 Å². The molecule has 6 heteroatoms. The Morgan fingerprint density at radius 2 is 1.54 bits per heavy atom. The van der Waals surface area contributed by atoms with E-state index in [9.17, 15) is 18.8 Å². The largest absolute Gasteiger partial charge is 0.335 e. The summed E-state index contributed by atoms with van der Waals surface area (Å²) in [4.78, 5) is 39.9. The van der Waals surface area contributed by atoms with Gasteiger partial charge in [0.05, 0.1) is 5.69 Å². The predicted molar refractivity (Wildman–Crippen MR) is 133 cm³/mol. The topological polar surface area (TPSA) is 66.5 Å². The van der Waals surface area contributed by atoms with Crippen LogP contribution in [0.15, 0.2) is 90.5 Å². The average molecular weight is 464 g/mol. The molecule has 1 heterocycles. The molecule has 1 fully saturated rings. The number of hydrogen-bond acceptors (Lipinski definition) is 3. The second-order valence-corrected chi connectivity index (χ2v) is 8.37. The van der Waals surface area contributed by atoms with Crippen LogP contribution in [0.4, 0.5) is 14.9 Å². The van der Waals surface area contributed by atoms with E-state index in [0.717, 1.165) is 26.8 Å². The summed E-state index contributed by atoms with van der Waals surface area (Å²) in [5, 5.41) is 4.00. The Morgan fingerprint density at radius 3 is 2.34 bits per heavy atom. The number of carbonyl (C=O) groups excluding carboxylic acids is 3. The molecule has 1 aliphatic rings. The molecular formula is C29H21FN2O3. The molecule has 1 N–H and O–H groups in total. The summed E-state index contributed by atoms with van der Waals surface area (Å²) in [7, 11) is 0. The number of rotatable bonds is 4. The Kier molecular flexibility index (Phi) is 5.71. The van der Waals surface area contributed by atoms with Gasteiger partial charge in [0, 0.05) is 6.42 Å². The van der Waals surface area contributed by atoms with Crippen LogP contribution in [0, 0.1) is 12.7 Å². The fourth-order valence-electron chi connectivity index (χ4n) is 4.35. The standard InChI is InChI=1S/C29H21FN2O3/c1-18-8-2-7-13-26(18)32-28(34)24(27(33)31-29(32)35)17-23-20(16-21-10-4-6-12-25(21)30)15-14-19-9-3-5-11-22(19)23/h2-15,17H,16H2,1H3,(H,31,33,35)/b24-17+. The number of para-hydroxylation sites is 1. The second kappa shape index (κ2) is 8.99. The molecule has 0 bridgehead atoms. The van der Waals surface area contributed by atoms with Crippen LogP contribution in [-0.2, 0) is 16.0 Å². The van der Waals surface area contributed by atoms with Crippen molar-refractivity contribution in [3.63, 3.8) is 0 Å². The van der Waals surface area contributed by atoms with Gasteiger partial charge in [0.15, 0.2) is 0 Å². The lowest BCUT2D eigenvalue weighted by atomic mass is 9.92. The second-order valence-electron chi connectivity index (χ2n) is 8.37. The number of anilines is 1. The lowest BCUT2D eigenvalue weighted by molar-refractivity contribution is -0.122. The Labute approximate surface area is 201 Å². The zero-order valence-electron chi connectivity index (χ0n) is 18.9. The maximum Gasteiger partial charge on any atom is 0.335 e. The molecule has 0 atom stereocenters. The first kappa shape index (κ1) is 22.2. The smallest absolute Gasteiger partial charge is 0.273 e. The molecular weight excluding hydrogens is 443 g/mol. The van der Waals surface area contributed by atoms with Gasteiger partial charge in [-0.2, -0.15) is 0 Å². The summed E-state index contributed by atoms with van der Waals surface area (Å²) in [5.41, 5.74) is 2.83. The van der Waals surface area contributed by atoms with Crippen molar-refractivity contribution < 1.29 is 18.8 Å². The Hall–Kier alpha value is -4.58. The minimum absolute atomic E-state index is 0.168. The van der Waals surface area contributed by atoms with Crippen molar-refractivity contribution in [3.8, 4) is 0 Å². The molecule has 4 aromatic rings. The van der Waals surface area contributed by atoms with Crippen LogP contribution >= 0.6 is 0 Å². The summed E-state index contributed by atoms with van der Waals surface area (Å²) in [6.07, 6.45) is 1.78. The van der Waals surface area contributed by atoms with Gasteiger partial charge < -0.3 is 0 Å². The first-order valence-corrected chi connectivity index (χ1v) is 11.1. The van der Waals surface area contributed by atoms with Gasteiger partial charge >= 0.3 is 6.03 Å². The first-order valence-electron chi connectivity index (χ1n) is 11.1. The van der Waals surface area contributed by atoms with Crippen LogP contribution in [0.25, 0.3) is 16.8 Å². The molecule has 0 aliphatic carbocycles. The van der Waals surface area contributed by atoms with E-state index < -0.39 is 17.8 Å². The zero-order chi connectivity index (χ0) is 24.5. The van der Waals surface area contributed by atoms with Gasteiger partial charge in [-0.1, -0.05) is 72.8 Å². The molecule has 0 saturated carbocycles. The summed E-state index contributed by atoms with van der Waals surface area (Å²) in [5.74, 6) is -1.81. The number of benzene rings is 4. The molecule has 0 spiro atoms. The summed E-state index contributed by atoms with van der Waals surface area (Å²) in [6.45, 7) is 1.78. The molecule has 1 aliphatic heterocycles. The predicted octanol–water partition coefficient (Wildman–Crippen LogP) is 5.54. The number of imide groups is 2. The van der Waals surface area contributed by atoms with Crippen molar-refractivity contribution >= 4 is 40.4 Å². The highest BCUT2D eigenvalue weighted by Crippen LogP contribution is 2.30. The molecule has 1 saturated heterocycles. The monoisotopic (exact) mass is 464 g/mol. The molecule has 0 aromatic heterocycles. The van der Waals surface area contributed by atoms with Crippen LogP contribution < -0.4 is 10.2 Å². The summed E-state index contributed by atoms with van der Waals surface area (Å²) >= 11 is 0. The lowest BCUT2D eigenvalue weighted by Gasteiger charge is -2.27. The van der Waals surface area contributed by atoms with Gasteiger partial charge in [0.1, 0.15) is 11.4 Å². The molecule has 5 rings (SSSR count). The number of aryl methyl sites for hydroxylation is 1. The van der Waals surface area contributed by atoms with Gasteiger partial charge in [0.25, 0.3) is 11.8 Å². The highest BCUT2D eigenvalue weighted by Gasteiger charge is 2.37. The summed E-state index contributed by atoms with van der Waals surface area (Å²) < 4.78 is 14.4. The lowest BCUT2D eigenvalue weighted by Crippen LogP contribution is -2.54. The molecule has 172 valence electrons. The van der Waals surface area contributed by atoms with E-state index in [4.69, 9.17) is 0 Å². The number of carbonyl (C=O) groups is 3. The minimum atomic E-state index is -0.795. The van der Waals surface area contributed by atoms with Crippen molar-refractivity contribution in [1.82, 2.24) is 5.32 Å². The first-order chi connectivity index (χ1) is 16.9. The SMILES string of the molecule is Cc1ccccc1N1C(=O)NC(=O)/C(=C\c2c(Cc3ccccc3F)ccc3ccccc23)C1=O. The Balaban J connectivity index is 1.67. The van der Waals surface area contributed by atoms with Crippen molar-refractivity contribution in [1.29, 1.82) is 0 Å². The van der Waals surface area contributed by atoms with Gasteiger partial charge in [0.2, 0.25) is 0 Å². The van der Waals surface area contributed by atoms with Crippen molar-refractivity contribution in [2.75, 3.05) is 4.90 Å². The quantitative estimate of drug-likeness (QED) is 0.318. The van der Waals surface area contributed by atoms with Crippen molar-refractivity contribution in [2.24, 2.45) is 0 Å². The average Bonchev–Trinajstić information content (AvgIpc) is 2.85. The normalized spacial score (nSPS) is 15.1. The highest BCUT2D eigenvalue weighted by atomic mass is 19.1. The van der Waals surface area contributed by atoms with Gasteiger partial charge in [-0.05, 0) is 58.2 Å². The van der Waals surface area contributed by atoms with E-state index in [1.54, 1.807) is 49.4 Å². The number of amides is 4. The number of halogens is 1. The molecule has 5 nitrogen and oxygen atoms in total. The van der Waals surface area contributed by atoms with Gasteiger partial charge in [-0.25, -0.2) is 14.1 Å². The Morgan fingerprint density at radius 1 is 0.829 bits per heavy atom. The fraction of sp³-hybridized carbons (Fsp3) is 0.0690. The van der Waals surface area contributed by atoms with E-state index in [-0.39, 0.29) is 17.8 Å². The number of fused-ring (bicyclic) bond motifs is 1. The number of urea groups is 1. The van der Waals surface area contributed by atoms with Crippen LogP contribution in [0.2, 0.25) is 0 Å². The zero-order valence-corrected chi connectivity index (χ0v) is 18.9. The number of nitrogens with zero attached hydrogens (tertiary/aromatic N) is 1. The van der Waals surface area contributed by atoms with Crippen molar-refractivity contribution in [2.45, 2.75) is 13.3 Å². The highest BCUT2D eigenvalue weighted by molar-refractivity contribution is 6.39. The fourth-order valence-corrected chi connectivity index (χ4v) is 4.35. The van der Waals surface area contributed by atoms with Gasteiger partial charge in [-0.3, -0.25) is 14.9 Å². The maximum absolute atomic E-state index is 14.4. The van der Waals surface area contributed by atoms with E-state index in [0.29, 0.717) is 16.8 Å². The number of nitrogens with one attached hydrogen (secondary N) is 1. The third kappa shape index (κ3) is 4.10. The van der Waals surface area contributed by atoms with Gasteiger partial charge in [-0.15, -0.1) is 0 Å². The third-order valence-electron chi connectivity index (χ3n) is 6.15. The summed E-state index contributed by atoms with van der Waals surface area (Å²) in [6, 6.07) is 24.1. The molecule has 0 unspecified atom stereocenters. The Bertz CT molecular complexity index is 1540. The minimum Gasteiger partial charge on any atom is -0.273 e. The van der Waals surface area contributed by atoms with Crippen LogP contribution in [0.1, 0.15) is 22.3 Å². The van der Waals surface area contributed by atoms with E-state index >= 15 is 0 Å². The molecule has 4 aromatic carbocycles. The molecule has 4 amide bonds. The van der Waals surface area contributed by atoms with E-state index in [2.05, 4.69) is 5.32 Å².